The summed E-state index contributed by atoms with van der Waals surface area (Å²) < 4.78 is 0. The minimum atomic E-state index is -0.124. The zero-order valence-corrected chi connectivity index (χ0v) is 15.5. The number of carbonyl (C=O) groups is 1. The Morgan fingerprint density at radius 2 is 1.81 bits per heavy atom. The number of benzene rings is 2. The molecule has 0 aliphatic heterocycles. The van der Waals surface area contributed by atoms with Crippen LogP contribution in [0.5, 0.6) is 0 Å². The Morgan fingerprint density at radius 1 is 1.00 bits per heavy atom. The van der Waals surface area contributed by atoms with E-state index in [1.165, 1.54) is 0 Å². The van der Waals surface area contributed by atoms with Gasteiger partial charge in [0, 0.05) is 40.2 Å². The highest BCUT2D eigenvalue weighted by atomic mass is 32.1. The topological polar surface area (TPSA) is 54.9 Å². The number of nitrogens with zero attached hydrogens (tertiary/aromatic N) is 2. The third kappa shape index (κ3) is 3.93. The van der Waals surface area contributed by atoms with Crippen LogP contribution in [0, 0.1) is 6.92 Å². The van der Waals surface area contributed by atoms with Crippen LogP contribution in [0.1, 0.15) is 15.9 Å². The molecule has 0 bridgehead atoms. The molecule has 4 nitrogen and oxygen atoms in total. The van der Waals surface area contributed by atoms with Gasteiger partial charge in [-0.1, -0.05) is 29.8 Å². The van der Waals surface area contributed by atoms with Crippen LogP contribution in [0.25, 0.3) is 21.8 Å². The molecule has 4 rings (SSSR count). The fourth-order valence-corrected chi connectivity index (χ4v) is 3.51. The van der Waals surface area contributed by atoms with Gasteiger partial charge in [0.25, 0.3) is 5.91 Å². The van der Waals surface area contributed by atoms with Gasteiger partial charge in [-0.25, -0.2) is 4.98 Å². The molecule has 2 heterocycles. The number of pyridine rings is 1. The molecule has 0 fully saturated rings. The summed E-state index contributed by atoms with van der Waals surface area (Å²) in [6.45, 7) is 2.00. The number of rotatable bonds is 4. The van der Waals surface area contributed by atoms with Gasteiger partial charge < -0.3 is 5.32 Å². The molecule has 4 aromatic rings. The van der Waals surface area contributed by atoms with Gasteiger partial charge in [0.05, 0.1) is 5.69 Å². The van der Waals surface area contributed by atoms with E-state index < -0.39 is 0 Å². The molecule has 0 spiro atoms. The van der Waals surface area contributed by atoms with Gasteiger partial charge in [-0.3, -0.25) is 9.78 Å². The predicted molar refractivity (Wildman–Crippen MR) is 110 cm³/mol. The first-order valence-corrected chi connectivity index (χ1v) is 9.41. The number of carbonyl (C=O) groups excluding carboxylic acids is 1. The quantitative estimate of drug-likeness (QED) is 0.520. The van der Waals surface area contributed by atoms with E-state index in [2.05, 4.69) is 10.3 Å². The standard InChI is InChI=1S/C22H17N3OS/c1-15-7-9-16(10-8-15)21(26)24-19-6-2-4-17(12-19)20-14-27-22(25-20)18-5-3-11-23-13-18/h2-14H,1H3,(H,24,26). The lowest BCUT2D eigenvalue weighted by molar-refractivity contribution is 0.102. The van der Waals surface area contributed by atoms with Crippen molar-refractivity contribution in [3.63, 3.8) is 0 Å². The van der Waals surface area contributed by atoms with E-state index in [1.54, 1.807) is 23.7 Å². The number of hydrogen-bond donors (Lipinski definition) is 1. The molecular weight excluding hydrogens is 354 g/mol. The maximum atomic E-state index is 12.4. The van der Waals surface area contributed by atoms with Gasteiger partial charge >= 0.3 is 0 Å². The summed E-state index contributed by atoms with van der Waals surface area (Å²) >= 11 is 1.58. The molecule has 1 amide bonds. The summed E-state index contributed by atoms with van der Waals surface area (Å²) in [4.78, 5) is 21.3. The molecule has 5 heteroatoms. The Morgan fingerprint density at radius 3 is 2.59 bits per heavy atom. The summed E-state index contributed by atoms with van der Waals surface area (Å²) in [5, 5.41) is 5.89. The van der Waals surface area contributed by atoms with Gasteiger partial charge in [0.1, 0.15) is 5.01 Å². The number of nitrogens with one attached hydrogen (secondary N) is 1. The molecule has 0 saturated heterocycles. The average molecular weight is 371 g/mol. The van der Waals surface area contributed by atoms with E-state index in [0.717, 1.165) is 33.1 Å². The second-order valence-electron chi connectivity index (χ2n) is 6.18. The normalized spacial score (nSPS) is 10.6. The number of thiazole rings is 1. The van der Waals surface area contributed by atoms with E-state index >= 15 is 0 Å². The molecular formula is C22H17N3OS. The van der Waals surface area contributed by atoms with Crippen molar-refractivity contribution in [2.24, 2.45) is 0 Å². The summed E-state index contributed by atoms with van der Waals surface area (Å²) in [6, 6.07) is 19.1. The fourth-order valence-electron chi connectivity index (χ4n) is 2.69. The predicted octanol–water partition coefficient (Wildman–Crippen LogP) is 5.43. The van der Waals surface area contributed by atoms with Crippen LogP contribution in [0.3, 0.4) is 0 Å². The van der Waals surface area contributed by atoms with Crippen LogP contribution < -0.4 is 5.32 Å². The molecule has 0 aliphatic carbocycles. The van der Waals surface area contributed by atoms with E-state index in [-0.39, 0.29) is 5.91 Å². The summed E-state index contributed by atoms with van der Waals surface area (Å²) in [6.07, 6.45) is 3.55. The summed E-state index contributed by atoms with van der Waals surface area (Å²) in [7, 11) is 0. The number of aromatic nitrogens is 2. The van der Waals surface area contributed by atoms with Crippen molar-refractivity contribution >= 4 is 22.9 Å². The third-order valence-electron chi connectivity index (χ3n) is 4.14. The van der Waals surface area contributed by atoms with Crippen LogP contribution in [-0.2, 0) is 0 Å². The van der Waals surface area contributed by atoms with E-state index in [4.69, 9.17) is 4.98 Å². The largest absolute Gasteiger partial charge is 0.322 e. The Bertz CT molecular complexity index is 1070. The van der Waals surface area contributed by atoms with E-state index in [1.807, 2.05) is 73.0 Å². The number of aryl methyl sites for hydroxylation is 1. The molecule has 0 atom stereocenters. The second kappa shape index (κ2) is 7.51. The zero-order valence-electron chi connectivity index (χ0n) is 14.7. The van der Waals surface area contributed by atoms with Gasteiger partial charge in [0.2, 0.25) is 0 Å². The first-order valence-electron chi connectivity index (χ1n) is 8.53. The van der Waals surface area contributed by atoms with Crippen molar-refractivity contribution in [1.82, 2.24) is 9.97 Å². The molecule has 0 radical (unpaired) electrons. The van der Waals surface area contributed by atoms with Crippen molar-refractivity contribution in [2.75, 3.05) is 5.32 Å². The van der Waals surface area contributed by atoms with Crippen LogP contribution >= 0.6 is 11.3 Å². The average Bonchev–Trinajstić information content (AvgIpc) is 3.20. The highest BCUT2D eigenvalue weighted by Gasteiger charge is 2.09. The first kappa shape index (κ1) is 17.1. The maximum absolute atomic E-state index is 12.4. The van der Waals surface area contributed by atoms with Crippen molar-refractivity contribution < 1.29 is 4.79 Å². The number of hydrogen-bond acceptors (Lipinski definition) is 4. The van der Waals surface area contributed by atoms with Gasteiger partial charge in [0.15, 0.2) is 0 Å². The monoisotopic (exact) mass is 371 g/mol. The SMILES string of the molecule is Cc1ccc(C(=O)Nc2cccc(-c3csc(-c4cccnc4)n3)c2)cc1. The van der Waals surface area contributed by atoms with Crippen molar-refractivity contribution in [3.05, 3.63) is 89.6 Å². The van der Waals surface area contributed by atoms with Crippen LogP contribution in [0.4, 0.5) is 5.69 Å². The Labute approximate surface area is 161 Å². The van der Waals surface area contributed by atoms with Crippen LogP contribution in [0.2, 0.25) is 0 Å². The van der Waals surface area contributed by atoms with Crippen molar-refractivity contribution in [1.29, 1.82) is 0 Å². The lowest BCUT2D eigenvalue weighted by Crippen LogP contribution is -2.11. The zero-order chi connectivity index (χ0) is 18.6. The molecule has 0 unspecified atom stereocenters. The molecule has 132 valence electrons. The molecule has 1 N–H and O–H groups in total. The number of anilines is 1. The molecule has 0 saturated carbocycles. The Balaban J connectivity index is 1.55. The highest BCUT2D eigenvalue weighted by molar-refractivity contribution is 7.13. The van der Waals surface area contributed by atoms with E-state index in [9.17, 15) is 4.79 Å². The van der Waals surface area contributed by atoms with Crippen LogP contribution in [0.15, 0.2) is 78.4 Å². The van der Waals surface area contributed by atoms with Gasteiger partial charge in [-0.2, -0.15) is 0 Å². The van der Waals surface area contributed by atoms with Crippen LogP contribution in [-0.4, -0.2) is 15.9 Å². The maximum Gasteiger partial charge on any atom is 0.255 e. The first-order chi connectivity index (χ1) is 13.2. The van der Waals surface area contributed by atoms with Crippen molar-refractivity contribution in [3.8, 4) is 21.8 Å². The lowest BCUT2D eigenvalue weighted by Gasteiger charge is -2.07. The minimum Gasteiger partial charge on any atom is -0.322 e. The molecule has 2 aromatic carbocycles. The smallest absolute Gasteiger partial charge is 0.255 e. The molecule has 27 heavy (non-hydrogen) atoms. The van der Waals surface area contributed by atoms with E-state index in [0.29, 0.717) is 5.56 Å². The summed E-state index contributed by atoms with van der Waals surface area (Å²) in [5.41, 5.74) is 5.35. The fraction of sp³-hybridized carbons (Fsp3) is 0.0455. The third-order valence-corrected chi connectivity index (χ3v) is 5.03. The lowest BCUT2D eigenvalue weighted by atomic mass is 10.1. The number of amides is 1. The molecule has 0 aliphatic rings. The van der Waals surface area contributed by atoms with Gasteiger partial charge in [-0.15, -0.1) is 11.3 Å². The Kier molecular flexibility index (Phi) is 4.77. The summed E-state index contributed by atoms with van der Waals surface area (Å²) in [5.74, 6) is -0.124. The highest BCUT2D eigenvalue weighted by Crippen LogP contribution is 2.29. The van der Waals surface area contributed by atoms with Crippen molar-refractivity contribution in [2.45, 2.75) is 6.92 Å². The van der Waals surface area contributed by atoms with Gasteiger partial charge in [-0.05, 0) is 43.3 Å². The second-order valence-corrected chi connectivity index (χ2v) is 7.04. The Hall–Kier alpha value is -3.31. The molecule has 2 aromatic heterocycles. The minimum absolute atomic E-state index is 0.124.